The summed E-state index contributed by atoms with van der Waals surface area (Å²) in [6.07, 6.45) is 2.09. The van der Waals surface area contributed by atoms with E-state index in [1.54, 1.807) is 19.2 Å². The van der Waals surface area contributed by atoms with Gasteiger partial charge in [-0.2, -0.15) is 0 Å². The Bertz CT molecular complexity index is 757. The summed E-state index contributed by atoms with van der Waals surface area (Å²) in [4.78, 5) is 4.57. The van der Waals surface area contributed by atoms with E-state index in [-0.39, 0.29) is 12.4 Å². The molecule has 7 heteroatoms. The number of nitrogens with zero attached hydrogens (tertiary/aromatic N) is 2. The van der Waals surface area contributed by atoms with Crippen molar-refractivity contribution in [1.29, 1.82) is 0 Å². The summed E-state index contributed by atoms with van der Waals surface area (Å²) in [5, 5.41) is 10.6. The number of hydrogen-bond donors (Lipinski definition) is 2. The molecule has 0 aliphatic heterocycles. The topological polar surface area (TPSA) is 71.7 Å². The molecule has 1 aromatic heterocycles. The van der Waals surface area contributed by atoms with Crippen molar-refractivity contribution in [3.8, 4) is 0 Å². The third kappa shape index (κ3) is 6.34. The molecule has 0 aliphatic carbocycles. The van der Waals surface area contributed by atoms with Gasteiger partial charge >= 0.3 is 0 Å². The molecular weight excluding hydrogens is 359 g/mol. The Morgan fingerprint density at radius 1 is 1.21 bits per heavy atom. The van der Waals surface area contributed by atoms with Gasteiger partial charge in [-0.3, -0.25) is 0 Å². The standard InChI is InChI=1S/C21H31FN4O2/c1-5-16(6-2)20-11-18(28-26-20)13-25-21(23-7-3)24-12-15-8-9-19(22)17(10-15)14-27-4/h8-11,16H,5-7,12-14H2,1-4H3,(H2,23,24,25). The van der Waals surface area contributed by atoms with Crippen molar-refractivity contribution in [3.05, 3.63) is 52.7 Å². The maximum atomic E-state index is 13.7. The number of methoxy groups -OCH3 is 1. The Kier molecular flexibility index (Phi) is 8.94. The lowest BCUT2D eigenvalue weighted by atomic mass is 9.99. The van der Waals surface area contributed by atoms with Crippen molar-refractivity contribution in [2.75, 3.05) is 13.7 Å². The fraction of sp³-hybridized carbons (Fsp3) is 0.524. The molecule has 0 saturated carbocycles. The maximum absolute atomic E-state index is 13.7. The number of halogens is 1. The van der Waals surface area contributed by atoms with Crippen LogP contribution < -0.4 is 10.6 Å². The predicted molar refractivity (Wildman–Crippen MR) is 109 cm³/mol. The fourth-order valence-electron chi connectivity index (χ4n) is 2.99. The maximum Gasteiger partial charge on any atom is 0.191 e. The van der Waals surface area contributed by atoms with E-state index in [4.69, 9.17) is 9.26 Å². The summed E-state index contributed by atoms with van der Waals surface area (Å²) in [5.41, 5.74) is 2.45. The zero-order valence-electron chi connectivity index (χ0n) is 17.2. The summed E-state index contributed by atoms with van der Waals surface area (Å²) in [6.45, 7) is 8.23. The van der Waals surface area contributed by atoms with E-state index < -0.39 is 0 Å². The number of aliphatic imine (C=N–C) groups is 1. The minimum absolute atomic E-state index is 0.242. The Morgan fingerprint density at radius 2 is 2.00 bits per heavy atom. The third-order valence-corrected chi connectivity index (χ3v) is 4.59. The highest BCUT2D eigenvalue weighted by Gasteiger charge is 2.13. The van der Waals surface area contributed by atoms with E-state index in [0.29, 0.717) is 30.5 Å². The second-order valence-electron chi connectivity index (χ2n) is 6.64. The van der Waals surface area contributed by atoms with E-state index in [1.165, 1.54) is 6.07 Å². The van der Waals surface area contributed by atoms with Gasteiger partial charge in [0.2, 0.25) is 0 Å². The van der Waals surface area contributed by atoms with Gasteiger partial charge in [0.15, 0.2) is 11.7 Å². The Balaban J connectivity index is 2.00. The Labute approximate surface area is 166 Å². The van der Waals surface area contributed by atoms with Crippen LogP contribution in [0, 0.1) is 5.82 Å². The van der Waals surface area contributed by atoms with Gasteiger partial charge in [-0.25, -0.2) is 9.38 Å². The molecule has 154 valence electrons. The highest BCUT2D eigenvalue weighted by atomic mass is 19.1. The smallest absolute Gasteiger partial charge is 0.191 e. The number of ether oxygens (including phenoxy) is 1. The molecule has 28 heavy (non-hydrogen) atoms. The van der Waals surface area contributed by atoms with Gasteiger partial charge in [-0.05, 0) is 37.5 Å². The first kappa shape index (κ1) is 21.9. The van der Waals surface area contributed by atoms with E-state index in [9.17, 15) is 4.39 Å². The minimum Gasteiger partial charge on any atom is -0.380 e. The van der Waals surface area contributed by atoms with Crippen molar-refractivity contribution < 1.29 is 13.7 Å². The van der Waals surface area contributed by atoms with Gasteiger partial charge < -0.3 is 19.9 Å². The number of nitrogens with one attached hydrogen (secondary N) is 2. The lowest BCUT2D eigenvalue weighted by Crippen LogP contribution is -2.36. The predicted octanol–water partition coefficient (Wildman–Crippen LogP) is 4.12. The lowest BCUT2D eigenvalue weighted by molar-refractivity contribution is 0.181. The summed E-state index contributed by atoms with van der Waals surface area (Å²) >= 11 is 0. The summed E-state index contributed by atoms with van der Waals surface area (Å²) in [5.74, 6) is 1.61. The van der Waals surface area contributed by atoms with Gasteiger partial charge in [0.25, 0.3) is 0 Å². The first-order valence-electron chi connectivity index (χ1n) is 9.85. The first-order valence-corrected chi connectivity index (χ1v) is 9.85. The van der Waals surface area contributed by atoms with Crippen LogP contribution in [0.25, 0.3) is 0 Å². The second-order valence-corrected chi connectivity index (χ2v) is 6.64. The van der Waals surface area contributed by atoms with E-state index in [0.717, 1.165) is 36.4 Å². The van der Waals surface area contributed by atoms with E-state index >= 15 is 0 Å². The van der Waals surface area contributed by atoms with Crippen LogP contribution in [0.2, 0.25) is 0 Å². The van der Waals surface area contributed by atoms with E-state index in [2.05, 4.69) is 34.6 Å². The van der Waals surface area contributed by atoms with E-state index in [1.807, 2.05) is 13.0 Å². The molecule has 2 rings (SSSR count). The normalized spacial score (nSPS) is 11.9. The third-order valence-electron chi connectivity index (χ3n) is 4.59. The SMILES string of the molecule is CCNC(=NCc1ccc(F)c(COC)c1)NCc1cc(C(CC)CC)no1. The zero-order valence-corrected chi connectivity index (χ0v) is 17.2. The number of hydrogen-bond acceptors (Lipinski definition) is 4. The summed E-state index contributed by atoms with van der Waals surface area (Å²) < 4.78 is 24.2. The molecule has 1 aromatic carbocycles. The highest BCUT2D eigenvalue weighted by molar-refractivity contribution is 5.79. The first-order chi connectivity index (χ1) is 13.6. The van der Waals surface area contributed by atoms with Gasteiger partial charge in [0, 0.05) is 31.2 Å². The second kappa shape index (κ2) is 11.4. The molecule has 0 bridgehead atoms. The van der Waals surface area contributed by atoms with Crippen LogP contribution in [0.15, 0.2) is 33.8 Å². The Hall–Kier alpha value is -2.41. The average molecular weight is 391 g/mol. The van der Waals surface area contributed by atoms with Crippen molar-refractivity contribution in [2.24, 2.45) is 4.99 Å². The molecule has 0 aliphatic rings. The van der Waals surface area contributed by atoms with Crippen molar-refractivity contribution >= 4 is 5.96 Å². The largest absolute Gasteiger partial charge is 0.380 e. The van der Waals surface area contributed by atoms with Crippen LogP contribution in [0.3, 0.4) is 0 Å². The lowest BCUT2D eigenvalue weighted by Gasteiger charge is -2.10. The van der Waals surface area contributed by atoms with Gasteiger partial charge in [-0.1, -0.05) is 25.1 Å². The van der Waals surface area contributed by atoms with Gasteiger partial charge in [0.1, 0.15) is 5.82 Å². The van der Waals surface area contributed by atoms with Crippen LogP contribution in [0.1, 0.15) is 62.1 Å². The molecule has 2 aromatic rings. The van der Waals surface area contributed by atoms with Crippen molar-refractivity contribution in [1.82, 2.24) is 15.8 Å². The van der Waals surface area contributed by atoms with Gasteiger partial charge in [0.05, 0.1) is 25.4 Å². The number of guanidine groups is 1. The summed E-state index contributed by atoms with van der Waals surface area (Å²) in [7, 11) is 1.55. The van der Waals surface area contributed by atoms with Crippen LogP contribution in [-0.4, -0.2) is 24.8 Å². The van der Waals surface area contributed by atoms with Crippen LogP contribution in [0.4, 0.5) is 4.39 Å². The molecule has 0 saturated heterocycles. The van der Waals surface area contributed by atoms with Crippen LogP contribution in [0.5, 0.6) is 0 Å². The Morgan fingerprint density at radius 3 is 2.68 bits per heavy atom. The number of aromatic nitrogens is 1. The minimum atomic E-state index is -0.266. The van der Waals surface area contributed by atoms with Crippen LogP contribution in [-0.2, 0) is 24.4 Å². The monoisotopic (exact) mass is 390 g/mol. The number of benzene rings is 1. The van der Waals surface area contributed by atoms with Gasteiger partial charge in [-0.15, -0.1) is 0 Å². The van der Waals surface area contributed by atoms with Crippen molar-refractivity contribution in [3.63, 3.8) is 0 Å². The highest BCUT2D eigenvalue weighted by Crippen LogP contribution is 2.22. The molecule has 0 atom stereocenters. The molecule has 0 unspecified atom stereocenters. The quantitative estimate of drug-likeness (QED) is 0.472. The molecule has 2 N–H and O–H groups in total. The molecule has 0 spiro atoms. The molecule has 0 radical (unpaired) electrons. The summed E-state index contributed by atoms with van der Waals surface area (Å²) in [6, 6.07) is 6.98. The molecular formula is C21H31FN4O2. The molecule has 6 nitrogen and oxygen atoms in total. The number of rotatable bonds is 10. The molecule has 0 fully saturated rings. The van der Waals surface area contributed by atoms with Crippen LogP contribution >= 0.6 is 0 Å². The zero-order chi connectivity index (χ0) is 20.4. The average Bonchev–Trinajstić information content (AvgIpc) is 3.16. The molecule has 1 heterocycles. The fourth-order valence-corrected chi connectivity index (χ4v) is 2.99. The molecule has 0 amide bonds. The van der Waals surface area contributed by atoms with Crippen molar-refractivity contribution in [2.45, 2.75) is 59.2 Å².